The molecule has 0 fully saturated rings. The minimum atomic E-state index is -0.799. The zero-order valence-corrected chi connectivity index (χ0v) is 13.1. The van der Waals surface area contributed by atoms with Crippen molar-refractivity contribution in [1.29, 1.82) is 0 Å². The molecule has 0 bridgehead atoms. The maximum Gasteiger partial charge on any atom is 0.303 e. The molecule has 0 aliphatic rings. The second-order valence-electron chi connectivity index (χ2n) is 4.68. The van der Waals surface area contributed by atoms with Crippen LogP contribution in [0.5, 0.6) is 0 Å². The SMILES string of the molecule is CCc1ccc(-c2nn(C)c(CCC(=O)O)c2Br)cc1. The van der Waals surface area contributed by atoms with Crippen LogP contribution in [0.25, 0.3) is 11.3 Å². The van der Waals surface area contributed by atoms with Crippen molar-refractivity contribution in [3.63, 3.8) is 0 Å². The van der Waals surface area contributed by atoms with Crippen LogP contribution in [0.3, 0.4) is 0 Å². The van der Waals surface area contributed by atoms with Gasteiger partial charge in [0.1, 0.15) is 5.69 Å². The predicted molar refractivity (Wildman–Crippen MR) is 81.7 cm³/mol. The number of aryl methyl sites for hydroxylation is 2. The van der Waals surface area contributed by atoms with Crippen LogP contribution in [-0.4, -0.2) is 20.9 Å². The van der Waals surface area contributed by atoms with E-state index < -0.39 is 5.97 Å². The van der Waals surface area contributed by atoms with Crippen LogP contribution in [0, 0.1) is 0 Å². The molecule has 2 rings (SSSR count). The molecule has 1 N–H and O–H groups in total. The molecule has 0 saturated carbocycles. The number of aliphatic carboxylic acids is 1. The first-order valence-electron chi connectivity index (χ1n) is 6.55. The molecular weight excluding hydrogens is 320 g/mol. The quantitative estimate of drug-likeness (QED) is 0.909. The molecule has 0 aliphatic heterocycles. The molecule has 2 aromatic rings. The van der Waals surface area contributed by atoms with Crippen molar-refractivity contribution in [2.45, 2.75) is 26.2 Å². The van der Waals surface area contributed by atoms with Gasteiger partial charge in [0.25, 0.3) is 0 Å². The summed E-state index contributed by atoms with van der Waals surface area (Å²) in [6, 6.07) is 8.28. The normalized spacial score (nSPS) is 10.8. The first-order valence-corrected chi connectivity index (χ1v) is 7.34. The van der Waals surface area contributed by atoms with Gasteiger partial charge in [-0.25, -0.2) is 0 Å². The van der Waals surface area contributed by atoms with Crippen LogP contribution in [0.15, 0.2) is 28.7 Å². The van der Waals surface area contributed by atoms with Crippen molar-refractivity contribution in [3.05, 3.63) is 40.0 Å². The fourth-order valence-electron chi connectivity index (χ4n) is 2.11. The Morgan fingerprint density at radius 3 is 2.55 bits per heavy atom. The van der Waals surface area contributed by atoms with E-state index in [2.05, 4.69) is 40.1 Å². The maximum absolute atomic E-state index is 10.7. The molecule has 0 spiro atoms. The van der Waals surface area contributed by atoms with Gasteiger partial charge in [-0.05, 0) is 27.9 Å². The van der Waals surface area contributed by atoms with Crippen LogP contribution in [-0.2, 0) is 24.7 Å². The fraction of sp³-hybridized carbons (Fsp3) is 0.333. The van der Waals surface area contributed by atoms with Crippen molar-refractivity contribution in [1.82, 2.24) is 9.78 Å². The minimum Gasteiger partial charge on any atom is -0.481 e. The summed E-state index contributed by atoms with van der Waals surface area (Å²) in [6.07, 6.45) is 1.58. The monoisotopic (exact) mass is 336 g/mol. The van der Waals surface area contributed by atoms with Crippen molar-refractivity contribution < 1.29 is 9.90 Å². The average Bonchev–Trinajstić information content (AvgIpc) is 2.72. The number of rotatable bonds is 5. The van der Waals surface area contributed by atoms with E-state index in [1.165, 1.54) is 5.56 Å². The molecule has 5 heteroatoms. The van der Waals surface area contributed by atoms with Crippen LogP contribution < -0.4 is 0 Å². The zero-order valence-electron chi connectivity index (χ0n) is 11.6. The Kier molecular flexibility index (Phi) is 4.60. The molecule has 0 radical (unpaired) electrons. The van der Waals surface area contributed by atoms with E-state index in [-0.39, 0.29) is 6.42 Å². The maximum atomic E-state index is 10.7. The molecule has 0 aliphatic carbocycles. The van der Waals surface area contributed by atoms with Crippen molar-refractivity contribution in [3.8, 4) is 11.3 Å². The van der Waals surface area contributed by atoms with E-state index >= 15 is 0 Å². The van der Waals surface area contributed by atoms with Gasteiger partial charge in [-0.15, -0.1) is 0 Å². The highest BCUT2D eigenvalue weighted by atomic mass is 79.9. The van der Waals surface area contributed by atoms with Crippen LogP contribution in [0.1, 0.15) is 24.6 Å². The topological polar surface area (TPSA) is 55.1 Å². The second kappa shape index (κ2) is 6.22. The van der Waals surface area contributed by atoms with E-state index in [0.29, 0.717) is 6.42 Å². The highest BCUT2D eigenvalue weighted by molar-refractivity contribution is 9.10. The fourth-order valence-corrected chi connectivity index (χ4v) is 2.88. The number of carboxylic acids is 1. The van der Waals surface area contributed by atoms with Crippen molar-refractivity contribution in [2.24, 2.45) is 7.05 Å². The molecule has 1 aromatic carbocycles. The third-order valence-corrected chi connectivity index (χ3v) is 4.15. The van der Waals surface area contributed by atoms with Crippen LogP contribution in [0.4, 0.5) is 0 Å². The summed E-state index contributed by atoms with van der Waals surface area (Å²) >= 11 is 3.55. The van der Waals surface area contributed by atoms with E-state index in [0.717, 1.165) is 27.8 Å². The summed E-state index contributed by atoms with van der Waals surface area (Å²) in [5.41, 5.74) is 4.08. The summed E-state index contributed by atoms with van der Waals surface area (Å²) in [6.45, 7) is 2.12. The Labute approximate surface area is 126 Å². The molecular formula is C15H17BrN2O2. The van der Waals surface area contributed by atoms with Gasteiger partial charge in [0.05, 0.1) is 16.6 Å². The highest BCUT2D eigenvalue weighted by Crippen LogP contribution is 2.31. The van der Waals surface area contributed by atoms with Gasteiger partial charge < -0.3 is 5.11 Å². The molecule has 0 atom stereocenters. The lowest BCUT2D eigenvalue weighted by molar-refractivity contribution is -0.136. The molecule has 1 heterocycles. The third kappa shape index (κ3) is 3.10. The third-order valence-electron chi connectivity index (χ3n) is 3.31. The van der Waals surface area contributed by atoms with E-state index in [4.69, 9.17) is 5.11 Å². The van der Waals surface area contributed by atoms with Gasteiger partial charge in [0, 0.05) is 19.0 Å². The average molecular weight is 337 g/mol. The van der Waals surface area contributed by atoms with Gasteiger partial charge in [-0.1, -0.05) is 31.2 Å². The number of benzene rings is 1. The molecule has 106 valence electrons. The first-order chi connectivity index (χ1) is 9.52. The number of nitrogens with zero attached hydrogens (tertiary/aromatic N) is 2. The summed E-state index contributed by atoms with van der Waals surface area (Å²) in [4.78, 5) is 10.7. The Bertz CT molecular complexity index is 618. The Balaban J connectivity index is 2.32. The predicted octanol–water partition coefficient (Wildman–Crippen LogP) is 3.43. The van der Waals surface area contributed by atoms with Crippen LogP contribution in [0.2, 0.25) is 0 Å². The number of hydrogen-bond donors (Lipinski definition) is 1. The van der Waals surface area contributed by atoms with Gasteiger partial charge in [0.15, 0.2) is 0 Å². The Morgan fingerprint density at radius 1 is 1.35 bits per heavy atom. The molecule has 4 nitrogen and oxygen atoms in total. The van der Waals surface area contributed by atoms with Crippen LogP contribution >= 0.6 is 15.9 Å². The summed E-state index contributed by atoms with van der Waals surface area (Å²) in [7, 11) is 1.84. The molecule has 1 aromatic heterocycles. The molecule has 0 unspecified atom stereocenters. The number of aromatic nitrogens is 2. The van der Waals surface area contributed by atoms with E-state index in [9.17, 15) is 4.79 Å². The highest BCUT2D eigenvalue weighted by Gasteiger charge is 2.16. The summed E-state index contributed by atoms with van der Waals surface area (Å²) in [5, 5.41) is 13.3. The molecule has 20 heavy (non-hydrogen) atoms. The van der Waals surface area contributed by atoms with Crippen molar-refractivity contribution >= 4 is 21.9 Å². The van der Waals surface area contributed by atoms with Gasteiger partial charge in [-0.3, -0.25) is 9.48 Å². The number of halogens is 1. The smallest absolute Gasteiger partial charge is 0.303 e. The summed E-state index contributed by atoms with van der Waals surface area (Å²) in [5.74, 6) is -0.799. The lowest BCUT2D eigenvalue weighted by Crippen LogP contribution is -2.03. The number of carboxylic acid groups (broad SMARTS) is 1. The van der Waals surface area contributed by atoms with E-state index in [1.54, 1.807) is 4.68 Å². The van der Waals surface area contributed by atoms with E-state index in [1.807, 2.05) is 19.2 Å². The molecule has 0 saturated heterocycles. The Hall–Kier alpha value is -1.62. The second-order valence-corrected chi connectivity index (χ2v) is 5.47. The van der Waals surface area contributed by atoms with Gasteiger partial charge in [-0.2, -0.15) is 5.10 Å². The Morgan fingerprint density at radius 2 is 2.00 bits per heavy atom. The largest absolute Gasteiger partial charge is 0.481 e. The number of carbonyl (C=O) groups is 1. The lowest BCUT2D eigenvalue weighted by atomic mass is 10.1. The number of hydrogen-bond acceptors (Lipinski definition) is 2. The lowest BCUT2D eigenvalue weighted by Gasteiger charge is -2.01. The van der Waals surface area contributed by atoms with Crippen molar-refractivity contribution in [2.75, 3.05) is 0 Å². The van der Waals surface area contributed by atoms with Gasteiger partial charge >= 0.3 is 5.97 Å². The summed E-state index contributed by atoms with van der Waals surface area (Å²) < 4.78 is 2.63. The first kappa shape index (κ1) is 14.8. The van der Waals surface area contributed by atoms with Gasteiger partial charge in [0.2, 0.25) is 0 Å². The molecule has 0 amide bonds. The zero-order chi connectivity index (χ0) is 14.7. The minimum absolute atomic E-state index is 0.104. The standard InChI is InChI=1S/C15H17BrN2O2/c1-3-10-4-6-11(7-5-10)15-14(16)12(18(2)17-15)8-9-13(19)20/h4-7H,3,8-9H2,1-2H3,(H,19,20).